The van der Waals surface area contributed by atoms with Gasteiger partial charge in [0, 0.05) is 19.2 Å². The zero-order chi connectivity index (χ0) is 21.1. The van der Waals surface area contributed by atoms with Crippen molar-refractivity contribution < 1.29 is 17.9 Å². The van der Waals surface area contributed by atoms with Gasteiger partial charge in [-0.15, -0.1) is 0 Å². The Morgan fingerprint density at radius 3 is 2.48 bits per heavy atom. The van der Waals surface area contributed by atoms with Crippen molar-refractivity contribution in [3.05, 3.63) is 60.4 Å². The normalized spacial score (nSPS) is 20.2. The Hall–Kier alpha value is -2.74. The molecule has 1 saturated heterocycles. The maximum Gasteiger partial charge on any atom is 0.283 e. The van der Waals surface area contributed by atoms with Crippen LogP contribution in [0.4, 0.5) is 0 Å². The Kier molecular flexibility index (Phi) is 6.02. The standard InChI is InChI=1S/C21H25N3O4S/c1-21(2,3)24-20(25)18(19(29(24,26)27)16-9-5-4-6-10-16)23-13-8-14-28-17-11-7-12-22-15-17/h4-7,9-12,15,19H,8,13-14H2,1-3H3. The second kappa shape index (κ2) is 8.32. The number of pyridine rings is 1. The van der Waals surface area contributed by atoms with Gasteiger partial charge >= 0.3 is 0 Å². The number of amides is 1. The van der Waals surface area contributed by atoms with Gasteiger partial charge in [0.05, 0.1) is 18.3 Å². The largest absolute Gasteiger partial charge is 0.492 e. The molecule has 2 aromatic rings. The SMILES string of the molecule is CC(C)(C)N1C(=O)C(=NCCCOc2cccnc2)C(c2ccccc2)S1(=O)=O. The van der Waals surface area contributed by atoms with Crippen LogP contribution in [0.1, 0.15) is 38.0 Å². The molecule has 1 fully saturated rings. The molecule has 0 spiro atoms. The maximum atomic E-state index is 13.2. The molecule has 7 nitrogen and oxygen atoms in total. The van der Waals surface area contributed by atoms with Crippen molar-refractivity contribution in [1.29, 1.82) is 0 Å². The number of rotatable bonds is 6. The average molecular weight is 416 g/mol. The average Bonchev–Trinajstić information content (AvgIpc) is 2.87. The van der Waals surface area contributed by atoms with Crippen LogP contribution in [0.3, 0.4) is 0 Å². The van der Waals surface area contributed by atoms with Gasteiger partial charge in [0.2, 0.25) is 0 Å². The van der Waals surface area contributed by atoms with E-state index in [9.17, 15) is 13.2 Å². The molecule has 0 radical (unpaired) electrons. The summed E-state index contributed by atoms with van der Waals surface area (Å²) in [7, 11) is -3.91. The Morgan fingerprint density at radius 2 is 1.86 bits per heavy atom. The molecule has 1 aromatic carbocycles. The van der Waals surface area contributed by atoms with Gasteiger partial charge in [-0.1, -0.05) is 30.3 Å². The van der Waals surface area contributed by atoms with E-state index in [0.29, 0.717) is 24.3 Å². The minimum Gasteiger partial charge on any atom is -0.492 e. The highest BCUT2D eigenvalue weighted by Crippen LogP contribution is 2.38. The van der Waals surface area contributed by atoms with E-state index in [1.807, 2.05) is 0 Å². The molecule has 1 unspecified atom stereocenters. The third kappa shape index (κ3) is 4.48. The summed E-state index contributed by atoms with van der Waals surface area (Å²) >= 11 is 0. The molecule has 1 aromatic heterocycles. The second-order valence-corrected chi connectivity index (χ2v) is 9.60. The molecule has 0 bridgehead atoms. The van der Waals surface area contributed by atoms with Crippen molar-refractivity contribution in [2.75, 3.05) is 13.2 Å². The number of carbonyl (C=O) groups excluding carboxylic acids is 1. The van der Waals surface area contributed by atoms with Gasteiger partial charge in [-0.3, -0.25) is 14.8 Å². The first-order valence-corrected chi connectivity index (χ1v) is 10.9. The molecule has 154 valence electrons. The predicted molar refractivity (Wildman–Crippen MR) is 111 cm³/mol. The Morgan fingerprint density at radius 1 is 1.14 bits per heavy atom. The van der Waals surface area contributed by atoms with E-state index in [4.69, 9.17) is 4.74 Å². The van der Waals surface area contributed by atoms with Crippen LogP contribution < -0.4 is 4.74 Å². The highest BCUT2D eigenvalue weighted by Gasteiger charge is 2.54. The molecule has 1 amide bonds. The lowest BCUT2D eigenvalue weighted by molar-refractivity contribution is -0.122. The van der Waals surface area contributed by atoms with E-state index in [-0.39, 0.29) is 12.3 Å². The summed E-state index contributed by atoms with van der Waals surface area (Å²) < 4.78 is 33.0. The fourth-order valence-electron chi connectivity index (χ4n) is 3.26. The molecule has 8 heteroatoms. The van der Waals surface area contributed by atoms with Crippen molar-refractivity contribution in [3.63, 3.8) is 0 Å². The summed E-state index contributed by atoms with van der Waals surface area (Å²) in [6, 6.07) is 12.3. The van der Waals surface area contributed by atoms with Crippen LogP contribution in [0.15, 0.2) is 59.9 Å². The van der Waals surface area contributed by atoms with Crippen molar-refractivity contribution in [3.8, 4) is 5.75 Å². The number of aromatic nitrogens is 1. The fraction of sp³-hybridized carbons (Fsp3) is 0.381. The van der Waals surface area contributed by atoms with Gasteiger partial charge in [-0.2, -0.15) is 0 Å². The van der Waals surface area contributed by atoms with Crippen LogP contribution in [0.5, 0.6) is 5.75 Å². The van der Waals surface area contributed by atoms with Gasteiger partial charge in [0.15, 0.2) is 5.25 Å². The Balaban J connectivity index is 1.82. The van der Waals surface area contributed by atoms with Gasteiger partial charge in [-0.05, 0) is 38.5 Å². The fourth-order valence-corrected chi connectivity index (χ4v) is 5.52. The molecular weight excluding hydrogens is 390 g/mol. The first-order chi connectivity index (χ1) is 13.7. The molecule has 0 saturated carbocycles. The third-order valence-corrected chi connectivity index (χ3v) is 6.72. The smallest absolute Gasteiger partial charge is 0.283 e. The summed E-state index contributed by atoms with van der Waals surface area (Å²) in [6.45, 7) is 5.79. The van der Waals surface area contributed by atoms with E-state index in [1.165, 1.54) is 0 Å². The number of nitrogens with zero attached hydrogens (tertiary/aromatic N) is 3. The van der Waals surface area contributed by atoms with Crippen molar-refractivity contribution >= 4 is 21.6 Å². The minimum atomic E-state index is -3.91. The van der Waals surface area contributed by atoms with Crippen LogP contribution in [0.25, 0.3) is 0 Å². The van der Waals surface area contributed by atoms with E-state index < -0.39 is 26.7 Å². The number of aliphatic imine (C=N–C) groups is 1. The molecule has 2 heterocycles. The Bertz CT molecular complexity index is 984. The maximum absolute atomic E-state index is 13.2. The second-order valence-electron chi connectivity index (χ2n) is 7.73. The molecule has 1 aliphatic heterocycles. The highest BCUT2D eigenvalue weighted by atomic mass is 32.2. The molecule has 29 heavy (non-hydrogen) atoms. The molecule has 1 aliphatic rings. The molecule has 0 N–H and O–H groups in total. The first kappa shape index (κ1) is 21.0. The molecule has 1 atom stereocenters. The summed E-state index contributed by atoms with van der Waals surface area (Å²) in [6.07, 6.45) is 3.82. The van der Waals surface area contributed by atoms with Crippen LogP contribution in [0, 0.1) is 0 Å². The van der Waals surface area contributed by atoms with E-state index in [2.05, 4.69) is 9.98 Å². The van der Waals surface area contributed by atoms with Gasteiger partial charge in [-0.25, -0.2) is 12.7 Å². The monoisotopic (exact) mass is 415 g/mol. The predicted octanol–water partition coefficient (Wildman–Crippen LogP) is 3.00. The molecule has 3 rings (SSSR count). The van der Waals surface area contributed by atoms with Gasteiger partial charge in [0.25, 0.3) is 15.9 Å². The first-order valence-electron chi connectivity index (χ1n) is 9.43. The lowest BCUT2D eigenvalue weighted by Gasteiger charge is -2.30. The van der Waals surface area contributed by atoms with E-state index in [0.717, 1.165) is 4.31 Å². The molecular formula is C21H25N3O4S. The van der Waals surface area contributed by atoms with E-state index >= 15 is 0 Å². The van der Waals surface area contributed by atoms with Crippen molar-refractivity contribution in [1.82, 2.24) is 9.29 Å². The summed E-state index contributed by atoms with van der Waals surface area (Å²) in [5, 5.41) is -1.09. The van der Waals surface area contributed by atoms with Gasteiger partial charge < -0.3 is 4.74 Å². The number of hydrogen-bond acceptors (Lipinski definition) is 6. The van der Waals surface area contributed by atoms with Crippen LogP contribution in [-0.4, -0.2) is 48.0 Å². The number of ether oxygens (including phenoxy) is 1. The number of sulfonamides is 1. The van der Waals surface area contributed by atoms with E-state index in [1.54, 1.807) is 75.6 Å². The Labute approximate surface area is 171 Å². The number of carbonyl (C=O) groups is 1. The quantitative estimate of drug-likeness (QED) is 0.677. The van der Waals surface area contributed by atoms with Crippen LogP contribution in [0.2, 0.25) is 0 Å². The number of hydrogen-bond donors (Lipinski definition) is 0. The topological polar surface area (TPSA) is 88.9 Å². The zero-order valence-corrected chi connectivity index (χ0v) is 17.6. The lowest BCUT2D eigenvalue weighted by atomic mass is 10.1. The van der Waals surface area contributed by atoms with Crippen molar-refractivity contribution in [2.24, 2.45) is 4.99 Å². The third-order valence-electron chi connectivity index (χ3n) is 4.40. The number of benzene rings is 1. The van der Waals surface area contributed by atoms with Crippen LogP contribution in [-0.2, 0) is 14.8 Å². The molecule has 0 aliphatic carbocycles. The summed E-state index contributed by atoms with van der Waals surface area (Å²) in [4.78, 5) is 21.4. The summed E-state index contributed by atoms with van der Waals surface area (Å²) in [5.74, 6) is 0.0975. The lowest BCUT2D eigenvalue weighted by Crippen LogP contribution is -2.45. The van der Waals surface area contributed by atoms with Crippen LogP contribution >= 0.6 is 0 Å². The van der Waals surface area contributed by atoms with Gasteiger partial charge in [0.1, 0.15) is 11.5 Å². The minimum absolute atomic E-state index is 0.0625. The highest BCUT2D eigenvalue weighted by molar-refractivity contribution is 7.91. The zero-order valence-electron chi connectivity index (χ0n) is 16.8. The summed E-state index contributed by atoms with van der Waals surface area (Å²) in [5.41, 5.74) is -0.269. The van der Waals surface area contributed by atoms with Crippen molar-refractivity contribution in [2.45, 2.75) is 38.0 Å².